The van der Waals surface area contributed by atoms with Gasteiger partial charge in [-0.25, -0.2) is 0 Å². The first-order valence-electron chi connectivity index (χ1n) is 6.96. The molecule has 1 aromatic rings. The predicted molar refractivity (Wildman–Crippen MR) is 73.8 cm³/mol. The number of alkyl halides is 3. The minimum absolute atomic E-state index is 0.0880. The Labute approximate surface area is 126 Å². The van der Waals surface area contributed by atoms with Gasteiger partial charge in [0.15, 0.2) is 0 Å². The number of halogens is 3. The maximum Gasteiger partial charge on any atom is 0.397 e. The Hall–Kier alpha value is -1.76. The summed E-state index contributed by atoms with van der Waals surface area (Å²) in [5, 5.41) is 9.53. The van der Waals surface area contributed by atoms with E-state index in [9.17, 15) is 23.1 Å². The molecule has 0 spiro atoms. The van der Waals surface area contributed by atoms with Gasteiger partial charge >= 0.3 is 6.18 Å². The summed E-state index contributed by atoms with van der Waals surface area (Å²) in [6, 6.07) is 5.34. The number of rotatable bonds is 3. The number of carbonyl (C=O) groups is 1. The van der Waals surface area contributed by atoms with E-state index < -0.39 is 18.5 Å². The number of methoxy groups -OCH3 is 1. The van der Waals surface area contributed by atoms with Gasteiger partial charge in [0, 0.05) is 19.0 Å². The van der Waals surface area contributed by atoms with Gasteiger partial charge in [-0.3, -0.25) is 4.79 Å². The van der Waals surface area contributed by atoms with Crippen molar-refractivity contribution in [2.45, 2.75) is 24.9 Å². The van der Waals surface area contributed by atoms with E-state index in [1.165, 1.54) is 12.0 Å². The summed E-state index contributed by atoms with van der Waals surface area (Å²) in [5.41, 5.74) is 1.74. The number of amides is 1. The molecule has 0 saturated heterocycles. The van der Waals surface area contributed by atoms with Crippen LogP contribution in [0.2, 0.25) is 0 Å². The van der Waals surface area contributed by atoms with Crippen molar-refractivity contribution in [3.05, 3.63) is 29.3 Å². The maximum atomic E-state index is 12.4. The summed E-state index contributed by atoms with van der Waals surface area (Å²) in [5.74, 6) is -0.697. The Balaban J connectivity index is 2.21. The van der Waals surface area contributed by atoms with Crippen LogP contribution in [0.4, 0.5) is 13.2 Å². The second-order valence-corrected chi connectivity index (χ2v) is 5.33. The number of benzene rings is 1. The van der Waals surface area contributed by atoms with Crippen LogP contribution in [0, 0.1) is 0 Å². The second-order valence-electron chi connectivity index (χ2n) is 5.33. The fourth-order valence-corrected chi connectivity index (χ4v) is 2.70. The number of hydrogen-bond donors (Lipinski definition) is 1. The number of hydrogen-bond acceptors (Lipinski definition) is 3. The quantitative estimate of drug-likeness (QED) is 0.929. The molecule has 1 aromatic carbocycles. The Bertz CT molecular complexity index is 545. The lowest BCUT2D eigenvalue weighted by molar-refractivity contribution is -0.161. The van der Waals surface area contributed by atoms with Crippen LogP contribution in [-0.2, 0) is 11.2 Å². The molecule has 0 radical (unpaired) electrons. The van der Waals surface area contributed by atoms with Crippen molar-refractivity contribution >= 4 is 5.91 Å². The molecule has 1 aliphatic heterocycles. The fourth-order valence-electron chi connectivity index (χ4n) is 2.70. The zero-order valence-electron chi connectivity index (χ0n) is 12.2. The molecule has 4 nitrogen and oxygen atoms in total. The average molecular weight is 317 g/mol. The Morgan fingerprint density at radius 3 is 2.77 bits per heavy atom. The van der Waals surface area contributed by atoms with E-state index in [4.69, 9.17) is 4.74 Å². The third kappa shape index (κ3) is 3.91. The van der Waals surface area contributed by atoms with Gasteiger partial charge in [-0.2, -0.15) is 13.2 Å². The van der Waals surface area contributed by atoms with Crippen LogP contribution < -0.4 is 4.74 Å². The average Bonchev–Trinajstić information content (AvgIpc) is 2.64. The van der Waals surface area contributed by atoms with Crippen LogP contribution in [0.5, 0.6) is 5.75 Å². The smallest absolute Gasteiger partial charge is 0.397 e. The van der Waals surface area contributed by atoms with Crippen LogP contribution >= 0.6 is 0 Å². The minimum Gasteiger partial charge on any atom is -0.497 e. The first-order chi connectivity index (χ1) is 10.3. The lowest BCUT2D eigenvalue weighted by Crippen LogP contribution is -2.37. The molecule has 1 N–H and O–H groups in total. The molecule has 0 bridgehead atoms. The lowest BCUT2D eigenvalue weighted by atomic mass is 9.94. The number of aliphatic hydroxyl groups is 1. The molecule has 1 aliphatic rings. The zero-order chi connectivity index (χ0) is 16.3. The van der Waals surface area contributed by atoms with Gasteiger partial charge in [0.25, 0.3) is 0 Å². The SMILES string of the molecule is COc1ccc2c(c1)CCN(C(=O)CC(F)(F)F)CC2CO. The van der Waals surface area contributed by atoms with E-state index in [0.717, 1.165) is 11.1 Å². The van der Waals surface area contributed by atoms with Gasteiger partial charge in [0.2, 0.25) is 5.91 Å². The Morgan fingerprint density at radius 1 is 1.45 bits per heavy atom. The van der Waals surface area contributed by atoms with Crippen molar-refractivity contribution in [3.63, 3.8) is 0 Å². The Kier molecular flexibility index (Phi) is 4.95. The molecule has 0 aliphatic carbocycles. The van der Waals surface area contributed by atoms with Crippen molar-refractivity contribution in [1.29, 1.82) is 0 Å². The first kappa shape index (κ1) is 16.6. The van der Waals surface area contributed by atoms with E-state index in [0.29, 0.717) is 12.2 Å². The van der Waals surface area contributed by atoms with Crippen LogP contribution in [0.1, 0.15) is 23.5 Å². The zero-order valence-corrected chi connectivity index (χ0v) is 12.2. The minimum atomic E-state index is -4.52. The van der Waals surface area contributed by atoms with Crippen LogP contribution in [-0.4, -0.2) is 48.9 Å². The van der Waals surface area contributed by atoms with Gasteiger partial charge in [0.05, 0.1) is 13.7 Å². The summed E-state index contributed by atoms with van der Waals surface area (Å²) >= 11 is 0. The van der Waals surface area contributed by atoms with Crippen molar-refractivity contribution in [3.8, 4) is 5.75 Å². The van der Waals surface area contributed by atoms with E-state index in [1.807, 2.05) is 0 Å². The maximum absolute atomic E-state index is 12.4. The van der Waals surface area contributed by atoms with E-state index >= 15 is 0 Å². The molecule has 0 aromatic heterocycles. The van der Waals surface area contributed by atoms with Crippen molar-refractivity contribution in [2.24, 2.45) is 0 Å². The number of aliphatic hydroxyl groups excluding tert-OH is 1. The van der Waals surface area contributed by atoms with Crippen molar-refractivity contribution < 1.29 is 27.8 Å². The summed E-state index contributed by atoms with van der Waals surface area (Å²) in [6.45, 7) is 0.0610. The van der Waals surface area contributed by atoms with Gasteiger partial charge in [-0.05, 0) is 29.7 Å². The molecule has 1 heterocycles. The third-order valence-corrected chi connectivity index (χ3v) is 3.81. The van der Waals surface area contributed by atoms with Crippen molar-refractivity contribution in [1.82, 2.24) is 4.90 Å². The topological polar surface area (TPSA) is 49.8 Å². The normalized spacial score (nSPS) is 18.6. The first-order valence-corrected chi connectivity index (χ1v) is 6.96. The number of nitrogens with zero attached hydrogens (tertiary/aromatic N) is 1. The number of carbonyl (C=O) groups excluding carboxylic acids is 1. The second kappa shape index (κ2) is 6.56. The summed E-state index contributed by atoms with van der Waals surface area (Å²) in [7, 11) is 1.53. The third-order valence-electron chi connectivity index (χ3n) is 3.81. The van der Waals surface area contributed by atoms with Crippen LogP contribution in [0.25, 0.3) is 0 Å². The molecule has 1 atom stereocenters. The van der Waals surface area contributed by atoms with E-state index in [1.54, 1.807) is 18.2 Å². The molecule has 1 unspecified atom stereocenters. The molecular weight excluding hydrogens is 299 g/mol. The van der Waals surface area contributed by atoms with Gasteiger partial charge in [-0.1, -0.05) is 6.07 Å². The van der Waals surface area contributed by atoms with E-state index in [-0.39, 0.29) is 25.6 Å². The van der Waals surface area contributed by atoms with E-state index in [2.05, 4.69) is 0 Å². The fraction of sp³-hybridized carbons (Fsp3) is 0.533. The molecule has 122 valence electrons. The summed E-state index contributed by atoms with van der Waals surface area (Å²) in [6.07, 6.45) is -5.55. The highest BCUT2D eigenvalue weighted by Crippen LogP contribution is 2.30. The summed E-state index contributed by atoms with van der Waals surface area (Å²) in [4.78, 5) is 13.0. The monoisotopic (exact) mass is 317 g/mol. The van der Waals surface area contributed by atoms with Crippen LogP contribution in [0.15, 0.2) is 18.2 Å². The number of fused-ring (bicyclic) bond motifs is 1. The molecule has 2 rings (SSSR count). The van der Waals surface area contributed by atoms with Crippen LogP contribution in [0.3, 0.4) is 0 Å². The highest BCUT2D eigenvalue weighted by Gasteiger charge is 2.35. The molecule has 22 heavy (non-hydrogen) atoms. The van der Waals surface area contributed by atoms with Gasteiger partial charge in [0.1, 0.15) is 12.2 Å². The molecule has 0 fully saturated rings. The van der Waals surface area contributed by atoms with Crippen molar-refractivity contribution in [2.75, 3.05) is 26.8 Å². The molecule has 0 saturated carbocycles. The Morgan fingerprint density at radius 2 is 2.18 bits per heavy atom. The molecule has 1 amide bonds. The molecule has 7 heteroatoms. The standard InChI is InChI=1S/C15H18F3NO3/c1-22-12-2-3-13-10(6-12)4-5-19(8-11(13)9-20)14(21)7-15(16,17)18/h2-3,6,11,20H,4-5,7-9H2,1H3. The van der Waals surface area contributed by atoms with Gasteiger partial charge in [-0.15, -0.1) is 0 Å². The molecular formula is C15H18F3NO3. The largest absolute Gasteiger partial charge is 0.497 e. The summed E-state index contributed by atoms with van der Waals surface area (Å²) < 4.78 is 42.3. The highest BCUT2D eigenvalue weighted by molar-refractivity contribution is 5.77. The predicted octanol–water partition coefficient (Wildman–Crippen LogP) is 2.11. The van der Waals surface area contributed by atoms with Gasteiger partial charge < -0.3 is 14.7 Å². The highest BCUT2D eigenvalue weighted by atomic mass is 19.4. The number of ether oxygens (including phenoxy) is 1. The lowest BCUT2D eigenvalue weighted by Gasteiger charge is -2.24.